The minimum absolute atomic E-state index is 0.244. The fourth-order valence-electron chi connectivity index (χ4n) is 2.30. The fourth-order valence-corrected chi connectivity index (χ4v) is 2.30. The van der Waals surface area contributed by atoms with Gasteiger partial charge in [0.1, 0.15) is 0 Å². The second-order valence-electron chi connectivity index (χ2n) is 5.15. The number of nitrogen functional groups attached to an aromatic ring is 1. The van der Waals surface area contributed by atoms with Gasteiger partial charge < -0.3 is 10.6 Å². The van der Waals surface area contributed by atoms with Crippen LogP contribution in [0.25, 0.3) is 0 Å². The average molecular weight is 232 g/mol. The van der Waals surface area contributed by atoms with Crippen molar-refractivity contribution in [3.63, 3.8) is 0 Å². The van der Waals surface area contributed by atoms with E-state index < -0.39 is 0 Å². The first kappa shape index (κ1) is 12.0. The Kier molecular flexibility index (Phi) is 3.36. The van der Waals surface area contributed by atoms with Crippen molar-refractivity contribution in [2.24, 2.45) is 5.92 Å². The van der Waals surface area contributed by atoms with Crippen molar-refractivity contribution in [3.05, 3.63) is 29.3 Å². The van der Waals surface area contributed by atoms with E-state index in [1.807, 2.05) is 17.0 Å². The van der Waals surface area contributed by atoms with Gasteiger partial charge in [0.25, 0.3) is 0 Å². The van der Waals surface area contributed by atoms with Crippen molar-refractivity contribution >= 4 is 11.6 Å². The largest absolute Gasteiger partial charge is 0.398 e. The fraction of sp³-hybridized carbons (Fsp3) is 0.500. The zero-order valence-corrected chi connectivity index (χ0v) is 10.6. The second kappa shape index (κ2) is 4.78. The SMILES string of the molecule is CC(C)CC(=O)N1CCc2cccc(N)c2C1. The van der Waals surface area contributed by atoms with E-state index in [9.17, 15) is 4.79 Å². The Morgan fingerprint density at radius 2 is 2.24 bits per heavy atom. The molecule has 1 aliphatic rings. The van der Waals surface area contributed by atoms with Crippen molar-refractivity contribution in [2.75, 3.05) is 12.3 Å². The maximum absolute atomic E-state index is 12.0. The van der Waals surface area contributed by atoms with Gasteiger partial charge in [0.2, 0.25) is 5.91 Å². The molecule has 3 heteroatoms. The van der Waals surface area contributed by atoms with Gasteiger partial charge in [-0.25, -0.2) is 0 Å². The number of anilines is 1. The second-order valence-corrected chi connectivity index (χ2v) is 5.15. The number of hydrogen-bond acceptors (Lipinski definition) is 2. The van der Waals surface area contributed by atoms with E-state index in [-0.39, 0.29) is 5.91 Å². The van der Waals surface area contributed by atoms with Gasteiger partial charge in [0.05, 0.1) is 0 Å². The predicted octanol–water partition coefficient (Wildman–Crippen LogP) is 2.20. The molecule has 0 aliphatic carbocycles. The summed E-state index contributed by atoms with van der Waals surface area (Å²) >= 11 is 0. The Morgan fingerprint density at radius 3 is 2.94 bits per heavy atom. The molecule has 0 atom stereocenters. The van der Waals surface area contributed by atoms with Crippen molar-refractivity contribution in [1.29, 1.82) is 0 Å². The summed E-state index contributed by atoms with van der Waals surface area (Å²) in [6.45, 7) is 5.64. The summed E-state index contributed by atoms with van der Waals surface area (Å²) in [6.07, 6.45) is 1.55. The van der Waals surface area contributed by atoms with E-state index in [0.717, 1.165) is 24.2 Å². The molecule has 92 valence electrons. The van der Waals surface area contributed by atoms with Gasteiger partial charge in [-0.15, -0.1) is 0 Å². The molecule has 0 unspecified atom stereocenters. The van der Waals surface area contributed by atoms with E-state index in [2.05, 4.69) is 19.9 Å². The van der Waals surface area contributed by atoms with Crippen LogP contribution in [0, 0.1) is 5.92 Å². The minimum atomic E-state index is 0.244. The molecule has 1 aliphatic heterocycles. The molecule has 0 bridgehead atoms. The van der Waals surface area contributed by atoms with Crippen molar-refractivity contribution < 1.29 is 4.79 Å². The van der Waals surface area contributed by atoms with E-state index in [4.69, 9.17) is 5.73 Å². The van der Waals surface area contributed by atoms with Crippen LogP contribution in [0.3, 0.4) is 0 Å². The number of carbonyl (C=O) groups is 1. The Hall–Kier alpha value is -1.51. The summed E-state index contributed by atoms with van der Waals surface area (Å²) in [7, 11) is 0. The summed E-state index contributed by atoms with van der Waals surface area (Å²) in [5.41, 5.74) is 9.20. The molecule has 2 rings (SSSR count). The number of nitrogens with two attached hydrogens (primary N) is 1. The summed E-state index contributed by atoms with van der Waals surface area (Å²) in [5.74, 6) is 0.658. The predicted molar refractivity (Wildman–Crippen MR) is 69.4 cm³/mol. The Labute approximate surface area is 103 Å². The summed E-state index contributed by atoms with van der Waals surface area (Å²) in [5, 5.41) is 0. The third kappa shape index (κ3) is 2.60. The quantitative estimate of drug-likeness (QED) is 0.795. The smallest absolute Gasteiger partial charge is 0.223 e. The highest BCUT2D eigenvalue weighted by atomic mass is 16.2. The first-order valence-electron chi connectivity index (χ1n) is 6.22. The number of nitrogens with zero attached hydrogens (tertiary/aromatic N) is 1. The molecule has 0 radical (unpaired) electrons. The normalized spacial score (nSPS) is 14.9. The molecular formula is C14H20N2O. The third-order valence-electron chi connectivity index (χ3n) is 3.24. The Bertz CT molecular complexity index is 426. The van der Waals surface area contributed by atoms with Gasteiger partial charge in [-0.1, -0.05) is 26.0 Å². The standard InChI is InChI=1S/C14H20N2O/c1-10(2)8-14(17)16-7-6-11-4-3-5-13(15)12(11)9-16/h3-5,10H,6-9,15H2,1-2H3. The molecule has 2 N–H and O–H groups in total. The van der Waals surface area contributed by atoms with Crippen LogP contribution >= 0.6 is 0 Å². The number of benzene rings is 1. The number of amides is 1. The first-order valence-corrected chi connectivity index (χ1v) is 6.22. The number of carbonyl (C=O) groups excluding carboxylic acids is 1. The number of rotatable bonds is 2. The van der Waals surface area contributed by atoms with Crippen LogP contribution in [-0.4, -0.2) is 17.4 Å². The number of fused-ring (bicyclic) bond motifs is 1. The van der Waals surface area contributed by atoms with Gasteiger partial charge in [-0.05, 0) is 29.5 Å². The van der Waals surface area contributed by atoms with Crippen molar-refractivity contribution in [1.82, 2.24) is 4.90 Å². The molecule has 17 heavy (non-hydrogen) atoms. The van der Waals surface area contributed by atoms with Gasteiger partial charge in [-0.2, -0.15) is 0 Å². The minimum Gasteiger partial charge on any atom is -0.398 e. The Morgan fingerprint density at radius 1 is 1.47 bits per heavy atom. The van der Waals surface area contributed by atoms with Crippen LogP contribution < -0.4 is 5.73 Å². The molecule has 0 fully saturated rings. The maximum atomic E-state index is 12.0. The van der Waals surface area contributed by atoms with Crippen LogP contribution in [0.2, 0.25) is 0 Å². The van der Waals surface area contributed by atoms with E-state index in [0.29, 0.717) is 18.9 Å². The highest BCUT2D eigenvalue weighted by molar-refractivity contribution is 5.77. The van der Waals surface area contributed by atoms with E-state index >= 15 is 0 Å². The first-order chi connectivity index (χ1) is 8.08. The van der Waals surface area contributed by atoms with Gasteiger partial charge in [-0.3, -0.25) is 4.79 Å². The van der Waals surface area contributed by atoms with Crippen LogP contribution in [0.15, 0.2) is 18.2 Å². The van der Waals surface area contributed by atoms with Crippen LogP contribution in [0.5, 0.6) is 0 Å². The van der Waals surface area contributed by atoms with Gasteiger partial charge >= 0.3 is 0 Å². The maximum Gasteiger partial charge on any atom is 0.223 e. The molecule has 1 aromatic rings. The summed E-state index contributed by atoms with van der Waals surface area (Å²) in [4.78, 5) is 13.9. The molecule has 1 heterocycles. The molecule has 3 nitrogen and oxygen atoms in total. The summed E-state index contributed by atoms with van der Waals surface area (Å²) < 4.78 is 0. The highest BCUT2D eigenvalue weighted by Crippen LogP contribution is 2.24. The highest BCUT2D eigenvalue weighted by Gasteiger charge is 2.22. The van der Waals surface area contributed by atoms with Gasteiger partial charge in [0, 0.05) is 25.2 Å². The Balaban J connectivity index is 2.13. The van der Waals surface area contributed by atoms with Crippen LogP contribution in [0.1, 0.15) is 31.4 Å². The lowest BCUT2D eigenvalue weighted by Crippen LogP contribution is -2.36. The van der Waals surface area contributed by atoms with Gasteiger partial charge in [0.15, 0.2) is 0 Å². The monoisotopic (exact) mass is 232 g/mol. The lowest BCUT2D eigenvalue weighted by molar-refractivity contribution is -0.132. The topological polar surface area (TPSA) is 46.3 Å². The van der Waals surface area contributed by atoms with E-state index in [1.54, 1.807) is 0 Å². The van der Waals surface area contributed by atoms with Crippen LogP contribution in [-0.2, 0) is 17.8 Å². The lowest BCUT2D eigenvalue weighted by Gasteiger charge is -2.30. The third-order valence-corrected chi connectivity index (χ3v) is 3.24. The lowest BCUT2D eigenvalue weighted by atomic mass is 9.97. The molecular weight excluding hydrogens is 212 g/mol. The van der Waals surface area contributed by atoms with Crippen LogP contribution in [0.4, 0.5) is 5.69 Å². The van der Waals surface area contributed by atoms with E-state index in [1.165, 1.54) is 5.56 Å². The molecule has 1 amide bonds. The molecule has 0 aromatic heterocycles. The van der Waals surface area contributed by atoms with Crippen molar-refractivity contribution in [3.8, 4) is 0 Å². The summed E-state index contributed by atoms with van der Waals surface area (Å²) in [6, 6.07) is 6.00. The molecule has 0 saturated heterocycles. The average Bonchev–Trinajstić information content (AvgIpc) is 2.28. The van der Waals surface area contributed by atoms with Crippen molar-refractivity contribution in [2.45, 2.75) is 33.2 Å². The number of hydrogen-bond donors (Lipinski definition) is 1. The zero-order chi connectivity index (χ0) is 12.4. The molecule has 0 saturated carbocycles. The molecule has 0 spiro atoms. The zero-order valence-electron chi connectivity index (χ0n) is 10.6. The molecule has 1 aromatic carbocycles.